The van der Waals surface area contributed by atoms with Crippen LogP contribution in [0.2, 0.25) is 0 Å². The third-order valence-electron chi connectivity index (χ3n) is 1.71. The van der Waals surface area contributed by atoms with Crippen LogP contribution in [0.25, 0.3) is 6.08 Å². The highest BCUT2D eigenvalue weighted by Gasteiger charge is 2.06. The summed E-state index contributed by atoms with van der Waals surface area (Å²) >= 11 is 0. The summed E-state index contributed by atoms with van der Waals surface area (Å²) < 4.78 is 30.2. The van der Waals surface area contributed by atoms with Crippen molar-refractivity contribution in [2.75, 3.05) is 12.8 Å². The van der Waals surface area contributed by atoms with Gasteiger partial charge in [0.15, 0.2) is 0 Å². The van der Waals surface area contributed by atoms with Crippen LogP contribution in [-0.4, -0.2) is 13.1 Å². The molecule has 0 bridgehead atoms. The number of carbonyl (C=O) groups excluding carboxylic acids is 1. The maximum Gasteiger partial charge on any atom is 0.330 e. The van der Waals surface area contributed by atoms with Crippen LogP contribution in [0.1, 0.15) is 5.56 Å². The van der Waals surface area contributed by atoms with Gasteiger partial charge < -0.3 is 10.5 Å². The Kier molecular flexibility index (Phi) is 3.38. The largest absolute Gasteiger partial charge is 0.466 e. The molecule has 0 amide bonds. The predicted molar refractivity (Wildman–Crippen MR) is 51.8 cm³/mol. The lowest BCUT2D eigenvalue weighted by Gasteiger charge is -2.00. The molecule has 80 valence electrons. The number of carbonyl (C=O) groups is 1. The molecule has 1 aromatic rings. The lowest BCUT2D eigenvalue weighted by molar-refractivity contribution is -0.134. The van der Waals surface area contributed by atoms with E-state index in [1.807, 2.05) is 0 Å². The Labute approximate surface area is 85.1 Å². The zero-order chi connectivity index (χ0) is 11.4. The van der Waals surface area contributed by atoms with Crippen molar-refractivity contribution in [1.82, 2.24) is 0 Å². The molecule has 1 aromatic carbocycles. The summed E-state index contributed by atoms with van der Waals surface area (Å²) in [5.41, 5.74) is 4.73. The molecule has 0 heterocycles. The number of anilines is 1. The minimum atomic E-state index is -0.862. The maximum atomic E-state index is 12.9. The number of hydrogen-bond acceptors (Lipinski definition) is 3. The zero-order valence-electron chi connectivity index (χ0n) is 7.96. The highest BCUT2D eigenvalue weighted by atomic mass is 19.1. The average molecular weight is 213 g/mol. The Morgan fingerprint density at radius 2 is 1.93 bits per heavy atom. The Bertz CT molecular complexity index is 393. The van der Waals surface area contributed by atoms with Crippen molar-refractivity contribution in [1.29, 1.82) is 0 Å². The van der Waals surface area contributed by atoms with E-state index in [4.69, 9.17) is 5.73 Å². The summed E-state index contributed by atoms with van der Waals surface area (Å²) in [5.74, 6) is -2.33. The van der Waals surface area contributed by atoms with E-state index >= 15 is 0 Å². The molecular weight excluding hydrogens is 204 g/mol. The summed E-state index contributed by atoms with van der Waals surface area (Å²) in [7, 11) is 1.21. The first kappa shape index (κ1) is 11.2. The fraction of sp³-hybridized carbons (Fsp3) is 0.100. The number of rotatable bonds is 2. The van der Waals surface area contributed by atoms with Crippen LogP contribution in [-0.2, 0) is 9.53 Å². The predicted octanol–water partition coefficient (Wildman–Crippen LogP) is 1.73. The molecule has 0 fully saturated rings. The first-order chi connectivity index (χ1) is 7.04. The van der Waals surface area contributed by atoms with Gasteiger partial charge in [0.2, 0.25) is 0 Å². The Morgan fingerprint density at radius 3 is 2.40 bits per heavy atom. The van der Waals surface area contributed by atoms with E-state index in [1.165, 1.54) is 13.2 Å². The van der Waals surface area contributed by atoms with Gasteiger partial charge in [-0.1, -0.05) is 0 Å². The van der Waals surface area contributed by atoms with E-state index < -0.39 is 23.3 Å². The molecule has 1 rings (SSSR count). The van der Waals surface area contributed by atoms with Gasteiger partial charge in [-0.05, 0) is 23.8 Å². The van der Waals surface area contributed by atoms with Crippen molar-refractivity contribution < 1.29 is 18.3 Å². The number of benzene rings is 1. The molecule has 0 saturated carbocycles. The van der Waals surface area contributed by atoms with Gasteiger partial charge in [0.1, 0.15) is 17.3 Å². The normalized spacial score (nSPS) is 10.6. The number of halogens is 2. The van der Waals surface area contributed by atoms with Gasteiger partial charge in [0, 0.05) is 6.08 Å². The molecule has 0 atom stereocenters. The second-order valence-electron chi connectivity index (χ2n) is 2.75. The second kappa shape index (κ2) is 4.54. The quantitative estimate of drug-likeness (QED) is 0.462. The average Bonchev–Trinajstić information content (AvgIpc) is 2.22. The number of nitrogen functional groups attached to an aromatic ring is 1. The molecule has 5 heteroatoms. The first-order valence-electron chi connectivity index (χ1n) is 4.05. The maximum absolute atomic E-state index is 12.9. The second-order valence-corrected chi connectivity index (χ2v) is 2.75. The molecule has 0 aromatic heterocycles. The molecule has 2 N–H and O–H groups in total. The number of nitrogens with two attached hydrogens (primary N) is 1. The molecule has 0 unspecified atom stereocenters. The third-order valence-corrected chi connectivity index (χ3v) is 1.71. The minimum absolute atomic E-state index is 0.199. The monoisotopic (exact) mass is 213 g/mol. The summed E-state index contributed by atoms with van der Waals surface area (Å²) in [4.78, 5) is 10.7. The standard InChI is InChI=1S/C10H9F2NO2/c1-15-9(14)3-2-6-4-7(11)10(13)8(12)5-6/h2-5H,13H2,1H3. The topological polar surface area (TPSA) is 52.3 Å². The van der Waals surface area contributed by atoms with Crippen LogP contribution < -0.4 is 5.73 Å². The van der Waals surface area contributed by atoms with E-state index in [0.29, 0.717) is 0 Å². The van der Waals surface area contributed by atoms with Gasteiger partial charge in [-0.3, -0.25) is 0 Å². The fourth-order valence-electron chi connectivity index (χ4n) is 0.932. The third kappa shape index (κ3) is 2.77. The van der Waals surface area contributed by atoms with Crippen LogP contribution in [0.5, 0.6) is 0 Å². The highest BCUT2D eigenvalue weighted by molar-refractivity contribution is 5.86. The highest BCUT2D eigenvalue weighted by Crippen LogP contribution is 2.17. The molecule has 0 spiro atoms. The summed E-state index contributed by atoms with van der Waals surface area (Å²) in [5, 5.41) is 0. The van der Waals surface area contributed by atoms with E-state index in [1.54, 1.807) is 0 Å². The molecule has 15 heavy (non-hydrogen) atoms. The van der Waals surface area contributed by atoms with Crippen LogP contribution in [0.4, 0.5) is 14.5 Å². The number of hydrogen-bond donors (Lipinski definition) is 1. The smallest absolute Gasteiger partial charge is 0.330 e. The van der Waals surface area contributed by atoms with Crippen LogP contribution in [0.15, 0.2) is 18.2 Å². The molecule has 0 radical (unpaired) electrons. The van der Waals surface area contributed by atoms with Crippen molar-refractivity contribution in [3.63, 3.8) is 0 Å². The van der Waals surface area contributed by atoms with E-state index in [2.05, 4.69) is 4.74 Å². The Morgan fingerprint density at radius 1 is 1.40 bits per heavy atom. The lowest BCUT2D eigenvalue weighted by Crippen LogP contribution is -1.97. The minimum Gasteiger partial charge on any atom is -0.466 e. The number of ether oxygens (including phenoxy) is 1. The van der Waals surface area contributed by atoms with E-state index in [-0.39, 0.29) is 5.56 Å². The Balaban J connectivity index is 2.97. The number of methoxy groups -OCH3 is 1. The van der Waals surface area contributed by atoms with Crippen LogP contribution >= 0.6 is 0 Å². The molecule has 0 aliphatic carbocycles. The van der Waals surface area contributed by atoms with Gasteiger partial charge in [-0.25, -0.2) is 13.6 Å². The summed E-state index contributed by atoms with van der Waals surface area (Å²) in [6.45, 7) is 0. The molecule has 3 nitrogen and oxygen atoms in total. The SMILES string of the molecule is COC(=O)C=Cc1cc(F)c(N)c(F)c1. The van der Waals surface area contributed by atoms with Gasteiger partial charge in [0.25, 0.3) is 0 Å². The van der Waals surface area contributed by atoms with Crippen LogP contribution in [0, 0.1) is 11.6 Å². The van der Waals surface area contributed by atoms with Gasteiger partial charge in [0.05, 0.1) is 7.11 Å². The summed E-state index contributed by atoms with van der Waals surface area (Å²) in [6, 6.07) is 2.05. The van der Waals surface area contributed by atoms with E-state index in [9.17, 15) is 13.6 Å². The van der Waals surface area contributed by atoms with Gasteiger partial charge in [-0.15, -0.1) is 0 Å². The summed E-state index contributed by atoms with van der Waals surface area (Å²) in [6.07, 6.45) is 2.29. The van der Waals surface area contributed by atoms with E-state index in [0.717, 1.165) is 18.2 Å². The lowest BCUT2D eigenvalue weighted by atomic mass is 10.2. The molecule has 0 aliphatic rings. The van der Waals surface area contributed by atoms with Crippen molar-refractivity contribution in [2.45, 2.75) is 0 Å². The van der Waals surface area contributed by atoms with Crippen molar-refractivity contribution in [3.05, 3.63) is 35.4 Å². The van der Waals surface area contributed by atoms with Crippen LogP contribution in [0.3, 0.4) is 0 Å². The zero-order valence-corrected chi connectivity index (χ0v) is 7.96. The molecule has 0 saturated heterocycles. The van der Waals surface area contributed by atoms with Crippen molar-refractivity contribution in [2.24, 2.45) is 0 Å². The van der Waals surface area contributed by atoms with Crippen molar-refractivity contribution in [3.8, 4) is 0 Å². The fourth-order valence-corrected chi connectivity index (χ4v) is 0.932. The first-order valence-corrected chi connectivity index (χ1v) is 4.05. The Hall–Kier alpha value is -1.91. The van der Waals surface area contributed by atoms with Gasteiger partial charge in [-0.2, -0.15) is 0 Å². The van der Waals surface area contributed by atoms with Crippen molar-refractivity contribution >= 4 is 17.7 Å². The molecular formula is C10H9F2NO2. The van der Waals surface area contributed by atoms with Gasteiger partial charge >= 0.3 is 5.97 Å². The number of esters is 1. The molecule has 0 aliphatic heterocycles.